The molecule has 2 heterocycles. The summed E-state index contributed by atoms with van der Waals surface area (Å²) in [6, 6.07) is 0. The first-order chi connectivity index (χ1) is 8.77. The van der Waals surface area contributed by atoms with Gasteiger partial charge in [-0.05, 0) is 13.8 Å². The van der Waals surface area contributed by atoms with Gasteiger partial charge in [0, 0.05) is 37.7 Å². The summed E-state index contributed by atoms with van der Waals surface area (Å²) < 4.78 is 0. The molecule has 1 aromatic rings. The van der Waals surface area contributed by atoms with Crippen LogP contribution >= 0.6 is 11.8 Å². The van der Waals surface area contributed by atoms with Crippen LogP contribution in [0.5, 0.6) is 0 Å². The molecule has 18 heavy (non-hydrogen) atoms. The number of hydrogen-bond acceptors (Lipinski definition) is 6. The summed E-state index contributed by atoms with van der Waals surface area (Å²) >= 11 is 1.98. The lowest BCUT2D eigenvalue weighted by Gasteiger charge is -2.30. The lowest BCUT2D eigenvalue weighted by molar-refractivity contribution is 0.818. The molecule has 1 fully saturated rings. The van der Waals surface area contributed by atoms with Crippen molar-refractivity contribution in [2.45, 2.75) is 13.8 Å². The summed E-state index contributed by atoms with van der Waals surface area (Å²) in [5.41, 5.74) is 6.97. The Bertz CT molecular complexity index is 388. The normalized spacial score (nSPS) is 15.8. The van der Waals surface area contributed by atoms with Crippen LogP contribution in [0.25, 0.3) is 0 Å². The van der Waals surface area contributed by atoms with Crippen molar-refractivity contribution < 1.29 is 0 Å². The Morgan fingerprint density at radius 3 is 2.56 bits per heavy atom. The number of anilines is 3. The minimum absolute atomic E-state index is 0.716. The van der Waals surface area contributed by atoms with Crippen LogP contribution in [0.4, 0.5) is 17.3 Å². The minimum Gasteiger partial charge on any atom is -0.393 e. The lowest BCUT2D eigenvalue weighted by Crippen LogP contribution is -2.34. The topological polar surface area (TPSA) is 58.3 Å². The van der Waals surface area contributed by atoms with Crippen LogP contribution < -0.4 is 15.5 Å². The van der Waals surface area contributed by atoms with E-state index in [1.165, 1.54) is 0 Å². The predicted octanol–water partition coefficient (Wildman–Crippen LogP) is 1.46. The minimum atomic E-state index is 0.716. The van der Waals surface area contributed by atoms with Gasteiger partial charge in [-0.15, -0.1) is 0 Å². The summed E-state index contributed by atoms with van der Waals surface area (Å²) in [6.07, 6.45) is 1.63. The molecule has 2 N–H and O–H groups in total. The molecule has 0 saturated carbocycles. The maximum absolute atomic E-state index is 6.25. The average Bonchev–Trinajstić information content (AvgIpc) is 2.43. The second-order valence-corrected chi connectivity index (χ2v) is 5.43. The fourth-order valence-corrected chi connectivity index (χ4v) is 3.08. The van der Waals surface area contributed by atoms with Gasteiger partial charge in [-0.25, -0.2) is 9.97 Å². The van der Waals surface area contributed by atoms with E-state index >= 15 is 0 Å². The highest BCUT2D eigenvalue weighted by atomic mass is 32.2. The van der Waals surface area contributed by atoms with Crippen molar-refractivity contribution in [3.05, 3.63) is 6.33 Å². The highest BCUT2D eigenvalue weighted by molar-refractivity contribution is 7.99. The van der Waals surface area contributed by atoms with Gasteiger partial charge >= 0.3 is 0 Å². The molecular weight excluding hydrogens is 246 g/mol. The average molecular weight is 267 g/mol. The number of hydrogen-bond donors (Lipinski definition) is 1. The molecule has 1 aromatic heterocycles. The lowest BCUT2D eigenvalue weighted by atomic mass is 10.3. The number of nitrogens with two attached hydrogens (primary N) is 1. The molecule has 0 unspecified atom stereocenters. The van der Waals surface area contributed by atoms with Crippen LogP contribution in [0, 0.1) is 0 Å². The Labute approximate surface area is 113 Å². The number of aromatic nitrogens is 2. The van der Waals surface area contributed by atoms with E-state index in [0.717, 1.165) is 49.3 Å². The monoisotopic (exact) mass is 267 g/mol. The van der Waals surface area contributed by atoms with E-state index in [9.17, 15) is 0 Å². The van der Waals surface area contributed by atoms with E-state index in [1.807, 2.05) is 11.8 Å². The van der Waals surface area contributed by atoms with Crippen molar-refractivity contribution in [1.29, 1.82) is 0 Å². The largest absolute Gasteiger partial charge is 0.393 e. The number of thioether (sulfide) groups is 1. The van der Waals surface area contributed by atoms with Crippen molar-refractivity contribution in [3.8, 4) is 0 Å². The molecule has 6 heteroatoms. The molecule has 0 aromatic carbocycles. The Hall–Kier alpha value is -1.17. The highest BCUT2D eigenvalue weighted by Crippen LogP contribution is 2.29. The quantitative estimate of drug-likeness (QED) is 0.891. The van der Waals surface area contributed by atoms with Gasteiger partial charge in [0.05, 0.1) is 0 Å². The molecule has 0 aliphatic carbocycles. The van der Waals surface area contributed by atoms with Crippen LogP contribution in [0.2, 0.25) is 0 Å². The molecule has 2 rings (SSSR count). The molecule has 1 aliphatic heterocycles. The molecule has 5 nitrogen and oxygen atoms in total. The smallest absolute Gasteiger partial charge is 0.157 e. The Morgan fingerprint density at radius 2 is 1.94 bits per heavy atom. The van der Waals surface area contributed by atoms with Crippen molar-refractivity contribution >= 4 is 29.1 Å². The molecule has 0 radical (unpaired) electrons. The van der Waals surface area contributed by atoms with Gasteiger partial charge < -0.3 is 15.5 Å². The van der Waals surface area contributed by atoms with Crippen molar-refractivity contribution in [2.24, 2.45) is 0 Å². The zero-order chi connectivity index (χ0) is 13.0. The van der Waals surface area contributed by atoms with E-state index in [2.05, 4.69) is 33.6 Å². The van der Waals surface area contributed by atoms with Gasteiger partial charge in [-0.2, -0.15) is 11.8 Å². The second-order valence-electron chi connectivity index (χ2n) is 4.21. The van der Waals surface area contributed by atoms with Crippen molar-refractivity contribution in [3.63, 3.8) is 0 Å². The summed E-state index contributed by atoms with van der Waals surface area (Å²) in [5.74, 6) is 4.05. The van der Waals surface area contributed by atoms with Gasteiger partial charge in [0.15, 0.2) is 11.6 Å². The van der Waals surface area contributed by atoms with Crippen LogP contribution in [-0.4, -0.2) is 47.7 Å². The Balaban J connectivity index is 2.28. The van der Waals surface area contributed by atoms with Gasteiger partial charge in [-0.3, -0.25) is 0 Å². The SMILES string of the molecule is CCN(CC)c1ncnc(N2CCSCC2)c1N. The third-order valence-corrected chi connectivity index (χ3v) is 4.16. The first kappa shape index (κ1) is 13.3. The third kappa shape index (κ3) is 2.63. The van der Waals surface area contributed by atoms with Crippen LogP contribution in [0.3, 0.4) is 0 Å². The summed E-state index contributed by atoms with van der Waals surface area (Å²) in [5, 5.41) is 0. The molecule has 0 amide bonds. The predicted molar refractivity (Wildman–Crippen MR) is 79.5 cm³/mol. The van der Waals surface area contributed by atoms with E-state index in [0.29, 0.717) is 5.69 Å². The van der Waals surface area contributed by atoms with Gasteiger partial charge in [0.1, 0.15) is 12.0 Å². The summed E-state index contributed by atoms with van der Waals surface area (Å²) in [4.78, 5) is 13.1. The fourth-order valence-electron chi connectivity index (χ4n) is 2.18. The molecule has 0 atom stereocenters. The molecule has 1 saturated heterocycles. The zero-order valence-electron chi connectivity index (χ0n) is 11.1. The fraction of sp³-hybridized carbons (Fsp3) is 0.667. The number of nitrogens with zero attached hydrogens (tertiary/aromatic N) is 4. The van der Waals surface area contributed by atoms with Gasteiger partial charge in [0.2, 0.25) is 0 Å². The Kier molecular flexibility index (Phi) is 4.52. The van der Waals surface area contributed by atoms with E-state index < -0.39 is 0 Å². The highest BCUT2D eigenvalue weighted by Gasteiger charge is 2.19. The Morgan fingerprint density at radius 1 is 1.28 bits per heavy atom. The van der Waals surface area contributed by atoms with Crippen LogP contribution in [0.1, 0.15) is 13.8 Å². The number of rotatable bonds is 4. The van der Waals surface area contributed by atoms with Gasteiger partial charge in [0.25, 0.3) is 0 Å². The molecule has 0 spiro atoms. The molecule has 1 aliphatic rings. The maximum atomic E-state index is 6.25. The van der Waals surface area contributed by atoms with Gasteiger partial charge in [-0.1, -0.05) is 0 Å². The van der Waals surface area contributed by atoms with Crippen molar-refractivity contribution in [1.82, 2.24) is 9.97 Å². The summed E-state index contributed by atoms with van der Waals surface area (Å²) in [7, 11) is 0. The third-order valence-electron chi connectivity index (χ3n) is 3.22. The first-order valence-corrected chi connectivity index (χ1v) is 7.61. The summed E-state index contributed by atoms with van der Waals surface area (Å²) in [6.45, 7) is 8.08. The van der Waals surface area contributed by atoms with E-state index in [-0.39, 0.29) is 0 Å². The molecule has 100 valence electrons. The van der Waals surface area contributed by atoms with Crippen LogP contribution in [0.15, 0.2) is 6.33 Å². The molecule has 0 bridgehead atoms. The second kappa shape index (κ2) is 6.13. The zero-order valence-corrected chi connectivity index (χ0v) is 11.9. The van der Waals surface area contributed by atoms with Crippen LogP contribution in [-0.2, 0) is 0 Å². The van der Waals surface area contributed by atoms with E-state index in [4.69, 9.17) is 5.73 Å². The first-order valence-electron chi connectivity index (χ1n) is 6.46. The molecular formula is C12H21N5S. The van der Waals surface area contributed by atoms with E-state index in [1.54, 1.807) is 6.33 Å². The number of nitrogen functional groups attached to an aromatic ring is 1. The maximum Gasteiger partial charge on any atom is 0.157 e. The van der Waals surface area contributed by atoms with Crippen molar-refractivity contribution in [2.75, 3.05) is 53.2 Å². The standard InChI is InChI=1S/C12H21N5S/c1-3-16(4-2)11-10(13)12(15-9-14-11)17-5-7-18-8-6-17/h9H,3-8,13H2,1-2H3.